The summed E-state index contributed by atoms with van der Waals surface area (Å²) in [6.45, 7) is 6.41. The predicted octanol–water partition coefficient (Wildman–Crippen LogP) is 1.46. The van der Waals surface area contributed by atoms with Crippen LogP contribution in [0.3, 0.4) is 0 Å². The molecule has 1 aromatic rings. The summed E-state index contributed by atoms with van der Waals surface area (Å²) in [6.07, 6.45) is 3.28. The van der Waals surface area contributed by atoms with Crippen LogP contribution in [-0.4, -0.2) is 29.7 Å². The van der Waals surface area contributed by atoms with Gasteiger partial charge in [-0.05, 0) is 19.8 Å². The van der Waals surface area contributed by atoms with E-state index in [0.717, 1.165) is 44.0 Å². The topological polar surface area (TPSA) is 73.1 Å². The molecule has 0 spiro atoms. The standard InChI is InChI=1S/C11H20N4O/c1-3-9-10(12)14-8-15-11(9)13-6-5-7-16-4-2/h8H,3-7H2,1-2H3,(H3,12,13,14,15). The molecule has 0 saturated heterocycles. The molecule has 1 rings (SSSR count). The number of rotatable bonds is 7. The van der Waals surface area contributed by atoms with Crippen molar-refractivity contribution in [2.45, 2.75) is 26.7 Å². The Bertz CT molecular complexity index is 317. The first kappa shape index (κ1) is 12.7. The van der Waals surface area contributed by atoms with Gasteiger partial charge in [-0.25, -0.2) is 9.97 Å². The van der Waals surface area contributed by atoms with Crippen molar-refractivity contribution in [3.8, 4) is 0 Å². The molecule has 1 heterocycles. The lowest BCUT2D eigenvalue weighted by molar-refractivity contribution is 0.147. The summed E-state index contributed by atoms with van der Waals surface area (Å²) in [4.78, 5) is 8.16. The fourth-order valence-electron chi connectivity index (χ4n) is 1.45. The van der Waals surface area contributed by atoms with Crippen LogP contribution in [0.4, 0.5) is 11.6 Å². The van der Waals surface area contributed by atoms with Crippen LogP contribution < -0.4 is 11.1 Å². The summed E-state index contributed by atoms with van der Waals surface area (Å²) in [6, 6.07) is 0. The number of hydrogen-bond donors (Lipinski definition) is 2. The number of aromatic nitrogens is 2. The molecule has 0 aromatic carbocycles. The van der Waals surface area contributed by atoms with Crippen molar-refractivity contribution in [1.29, 1.82) is 0 Å². The van der Waals surface area contributed by atoms with Crippen molar-refractivity contribution in [2.24, 2.45) is 0 Å². The minimum Gasteiger partial charge on any atom is -0.383 e. The van der Waals surface area contributed by atoms with Crippen LogP contribution in [0.15, 0.2) is 6.33 Å². The monoisotopic (exact) mass is 224 g/mol. The molecule has 5 nitrogen and oxygen atoms in total. The number of hydrogen-bond acceptors (Lipinski definition) is 5. The number of nitrogen functional groups attached to an aromatic ring is 1. The first-order chi connectivity index (χ1) is 7.79. The van der Waals surface area contributed by atoms with Crippen LogP contribution in [0.1, 0.15) is 25.8 Å². The van der Waals surface area contributed by atoms with E-state index in [1.807, 2.05) is 13.8 Å². The zero-order valence-electron chi connectivity index (χ0n) is 9.99. The average molecular weight is 224 g/mol. The molecule has 0 saturated carbocycles. The van der Waals surface area contributed by atoms with Gasteiger partial charge < -0.3 is 15.8 Å². The van der Waals surface area contributed by atoms with Gasteiger partial charge in [0.1, 0.15) is 18.0 Å². The highest BCUT2D eigenvalue weighted by molar-refractivity contribution is 5.54. The second-order valence-corrected chi connectivity index (χ2v) is 3.42. The Morgan fingerprint density at radius 2 is 2.19 bits per heavy atom. The highest BCUT2D eigenvalue weighted by Gasteiger charge is 2.05. The molecule has 0 aliphatic heterocycles. The van der Waals surface area contributed by atoms with Crippen LogP contribution >= 0.6 is 0 Å². The van der Waals surface area contributed by atoms with E-state index in [1.165, 1.54) is 6.33 Å². The van der Waals surface area contributed by atoms with Gasteiger partial charge in [-0.3, -0.25) is 0 Å². The predicted molar refractivity (Wildman–Crippen MR) is 65.4 cm³/mol. The van der Waals surface area contributed by atoms with Gasteiger partial charge in [0.25, 0.3) is 0 Å². The third kappa shape index (κ3) is 3.66. The van der Waals surface area contributed by atoms with Crippen LogP contribution in [0, 0.1) is 0 Å². The van der Waals surface area contributed by atoms with E-state index in [2.05, 4.69) is 15.3 Å². The number of nitrogens with one attached hydrogen (secondary N) is 1. The van der Waals surface area contributed by atoms with Gasteiger partial charge >= 0.3 is 0 Å². The molecule has 90 valence electrons. The molecule has 0 aliphatic rings. The van der Waals surface area contributed by atoms with Crippen molar-refractivity contribution in [2.75, 3.05) is 30.8 Å². The highest BCUT2D eigenvalue weighted by Crippen LogP contribution is 2.17. The minimum absolute atomic E-state index is 0.560. The molecule has 3 N–H and O–H groups in total. The molecule has 0 unspecified atom stereocenters. The Morgan fingerprint density at radius 1 is 1.38 bits per heavy atom. The van der Waals surface area contributed by atoms with Gasteiger partial charge in [0.05, 0.1) is 0 Å². The zero-order chi connectivity index (χ0) is 11.8. The maximum absolute atomic E-state index is 5.77. The van der Waals surface area contributed by atoms with E-state index in [-0.39, 0.29) is 0 Å². The Morgan fingerprint density at radius 3 is 2.88 bits per heavy atom. The second-order valence-electron chi connectivity index (χ2n) is 3.42. The van der Waals surface area contributed by atoms with E-state index in [1.54, 1.807) is 0 Å². The maximum atomic E-state index is 5.77. The van der Waals surface area contributed by atoms with Crippen LogP contribution in [0.2, 0.25) is 0 Å². The zero-order valence-corrected chi connectivity index (χ0v) is 9.99. The lowest BCUT2D eigenvalue weighted by Gasteiger charge is -2.10. The minimum atomic E-state index is 0.560. The molecule has 0 radical (unpaired) electrons. The SMILES string of the molecule is CCOCCCNc1ncnc(N)c1CC. The van der Waals surface area contributed by atoms with Crippen molar-refractivity contribution >= 4 is 11.6 Å². The second kappa shape index (κ2) is 7.00. The van der Waals surface area contributed by atoms with Gasteiger partial charge in [0, 0.05) is 25.3 Å². The summed E-state index contributed by atoms with van der Waals surface area (Å²) < 4.78 is 5.25. The molecule has 0 aliphatic carbocycles. The Hall–Kier alpha value is -1.36. The molecule has 0 bridgehead atoms. The molecule has 5 heteroatoms. The Balaban J connectivity index is 2.44. The average Bonchev–Trinajstić information content (AvgIpc) is 2.29. The third-order valence-electron chi connectivity index (χ3n) is 2.29. The Kier molecular flexibility index (Phi) is 5.56. The normalized spacial score (nSPS) is 10.4. The summed E-state index contributed by atoms with van der Waals surface area (Å²) in [5.41, 5.74) is 6.75. The van der Waals surface area contributed by atoms with Crippen LogP contribution in [0.5, 0.6) is 0 Å². The summed E-state index contributed by atoms with van der Waals surface area (Å²) in [7, 11) is 0. The van der Waals surface area contributed by atoms with Crippen LogP contribution in [-0.2, 0) is 11.2 Å². The summed E-state index contributed by atoms with van der Waals surface area (Å²) in [5, 5.41) is 3.25. The molecular weight excluding hydrogens is 204 g/mol. The summed E-state index contributed by atoms with van der Waals surface area (Å²) in [5.74, 6) is 1.40. The molecule has 16 heavy (non-hydrogen) atoms. The lowest BCUT2D eigenvalue weighted by Crippen LogP contribution is -2.10. The van der Waals surface area contributed by atoms with Crippen LogP contribution in [0.25, 0.3) is 0 Å². The van der Waals surface area contributed by atoms with Crippen molar-refractivity contribution in [3.63, 3.8) is 0 Å². The van der Waals surface area contributed by atoms with Crippen molar-refractivity contribution in [3.05, 3.63) is 11.9 Å². The number of nitrogens with two attached hydrogens (primary N) is 1. The fraction of sp³-hybridized carbons (Fsp3) is 0.636. The maximum Gasteiger partial charge on any atom is 0.134 e. The van der Waals surface area contributed by atoms with E-state index in [0.29, 0.717) is 5.82 Å². The van der Waals surface area contributed by atoms with Gasteiger partial charge in [0.2, 0.25) is 0 Å². The van der Waals surface area contributed by atoms with Crippen molar-refractivity contribution in [1.82, 2.24) is 9.97 Å². The van der Waals surface area contributed by atoms with Gasteiger partial charge in [0.15, 0.2) is 0 Å². The smallest absolute Gasteiger partial charge is 0.134 e. The van der Waals surface area contributed by atoms with E-state index < -0.39 is 0 Å². The Labute approximate surface area is 96.4 Å². The highest BCUT2D eigenvalue weighted by atomic mass is 16.5. The number of nitrogens with zero attached hydrogens (tertiary/aromatic N) is 2. The molecule has 1 aromatic heterocycles. The van der Waals surface area contributed by atoms with Gasteiger partial charge in [-0.1, -0.05) is 6.92 Å². The van der Waals surface area contributed by atoms with Gasteiger partial charge in [-0.2, -0.15) is 0 Å². The quantitative estimate of drug-likeness (QED) is 0.686. The number of anilines is 2. The van der Waals surface area contributed by atoms with Crippen molar-refractivity contribution < 1.29 is 4.74 Å². The molecule has 0 fully saturated rings. The van der Waals surface area contributed by atoms with Gasteiger partial charge in [-0.15, -0.1) is 0 Å². The largest absolute Gasteiger partial charge is 0.383 e. The van der Waals surface area contributed by atoms with E-state index >= 15 is 0 Å². The van der Waals surface area contributed by atoms with E-state index in [4.69, 9.17) is 10.5 Å². The third-order valence-corrected chi connectivity index (χ3v) is 2.29. The lowest BCUT2D eigenvalue weighted by atomic mass is 10.2. The number of ether oxygens (including phenoxy) is 1. The fourth-order valence-corrected chi connectivity index (χ4v) is 1.45. The molecule has 0 amide bonds. The first-order valence-corrected chi connectivity index (χ1v) is 5.70. The first-order valence-electron chi connectivity index (χ1n) is 5.70. The summed E-state index contributed by atoms with van der Waals surface area (Å²) >= 11 is 0. The van der Waals surface area contributed by atoms with E-state index in [9.17, 15) is 0 Å². The molecule has 0 atom stereocenters. The molecular formula is C11H20N4O.